The number of benzene rings is 2. The summed E-state index contributed by atoms with van der Waals surface area (Å²) in [5, 5.41) is 4.78. The number of rotatable bonds is 8. The number of aromatic nitrogens is 1. The Morgan fingerprint density at radius 1 is 1.16 bits per heavy atom. The lowest BCUT2D eigenvalue weighted by Crippen LogP contribution is -2.45. The van der Waals surface area contributed by atoms with E-state index in [-0.39, 0.29) is 5.91 Å². The van der Waals surface area contributed by atoms with Crippen LogP contribution in [0.3, 0.4) is 0 Å². The van der Waals surface area contributed by atoms with Gasteiger partial charge in [-0.2, -0.15) is 0 Å². The van der Waals surface area contributed by atoms with Crippen LogP contribution < -0.4 is 10.1 Å². The van der Waals surface area contributed by atoms with E-state index in [1.165, 1.54) is 0 Å². The summed E-state index contributed by atoms with van der Waals surface area (Å²) >= 11 is 7.60. The third-order valence-corrected chi connectivity index (χ3v) is 7.14. The SMILES string of the molecule is COc1ccc2c(Sc3ccc(Cl)cc3)c(C(=O)NCCCN3CCN(C)CC3)[nH]c2c1. The van der Waals surface area contributed by atoms with E-state index in [4.69, 9.17) is 16.3 Å². The minimum Gasteiger partial charge on any atom is -0.497 e. The van der Waals surface area contributed by atoms with Crippen LogP contribution in [0.2, 0.25) is 5.02 Å². The highest BCUT2D eigenvalue weighted by Crippen LogP contribution is 2.38. The molecule has 0 bridgehead atoms. The van der Waals surface area contributed by atoms with Gasteiger partial charge in [0, 0.05) is 54.1 Å². The number of hydrogen-bond donors (Lipinski definition) is 2. The molecule has 3 aromatic rings. The summed E-state index contributed by atoms with van der Waals surface area (Å²) in [4.78, 5) is 23.1. The summed E-state index contributed by atoms with van der Waals surface area (Å²) in [6, 6.07) is 13.5. The normalized spacial score (nSPS) is 15.2. The largest absolute Gasteiger partial charge is 0.497 e. The number of carbonyl (C=O) groups is 1. The van der Waals surface area contributed by atoms with Gasteiger partial charge in [-0.1, -0.05) is 23.4 Å². The van der Waals surface area contributed by atoms with Gasteiger partial charge < -0.3 is 24.8 Å². The molecule has 4 rings (SSSR count). The van der Waals surface area contributed by atoms with Crippen LogP contribution in [0.5, 0.6) is 5.75 Å². The minimum atomic E-state index is -0.0880. The van der Waals surface area contributed by atoms with Crippen LogP contribution in [0.25, 0.3) is 10.9 Å². The van der Waals surface area contributed by atoms with E-state index in [2.05, 4.69) is 27.1 Å². The number of piperazine rings is 1. The van der Waals surface area contributed by atoms with Crippen molar-refractivity contribution in [3.63, 3.8) is 0 Å². The van der Waals surface area contributed by atoms with Crippen LogP contribution in [-0.4, -0.2) is 74.1 Å². The molecule has 32 heavy (non-hydrogen) atoms. The maximum atomic E-state index is 13.1. The zero-order chi connectivity index (χ0) is 22.5. The summed E-state index contributed by atoms with van der Waals surface area (Å²) in [5.74, 6) is 0.663. The first-order chi connectivity index (χ1) is 15.5. The molecule has 1 aromatic heterocycles. The summed E-state index contributed by atoms with van der Waals surface area (Å²) < 4.78 is 5.36. The maximum absolute atomic E-state index is 13.1. The Balaban J connectivity index is 1.47. The van der Waals surface area contributed by atoms with Crippen molar-refractivity contribution in [2.24, 2.45) is 0 Å². The molecule has 1 amide bonds. The van der Waals surface area contributed by atoms with E-state index in [0.29, 0.717) is 17.3 Å². The predicted octanol–water partition coefficient (Wildman–Crippen LogP) is 4.35. The van der Waals surface area contributed by atoms with Crippen LogP contribution in [-0.2, 0) is 0 Å². The number of ether oxygens (including phenoxy) is 1. The summed E-state index contributed by atoms with van der Waals surface area (Å²) in [5.41, 5.74) is 1.45. The van der Waals surface area contributed by atoms with Gasteiger partial charge in [0.15, 0.2) is 0 Å². The first kappa shape index (κ1) is 23.0. The van der Waals surface area contributed by atoms with E-state index >= 15 is 0 Å². The molecular formula is C24H29ClN4O2S. The van der Waals surface area contributed by atoms with Gasteiger partial charge in [0.1, 0.15) is 11.4 Å². The number of methoxy groups -OCH3 is 1. The van der Waals surface area contributed by atoms with Crippen molar-refractivity contribution in [1.82, 2.24) is 20.1 Å². The number of nitrogens with one attached hydrogen (secondary N) is 2. The lowest BCUT2D eigenvalue weighted by atomic mass is 10.2. The highest BCUT2D eigenvalue weighted by Gasteiger charge is 2.20. The molecule has 0 spiro atoms. The van der Waals surface area contributed by atoms with Crippen LogP contribution in [0.4, 0.5) is 0 Å². The number of H-pyrrole nitrogens is 1. The molecule has 0 saturated carbocycles. The van der Waals surface area contributed by atoms with E-state index in [9.17, 15) is 4.79 Å². The van der Waals surface area contributed by atoms with Crippen molar-refractivity contribution in [2.45, 2.75) is 16.2 Å². The van der Waals surface area contributed by atoms with Gasteiger partial charge in [0.05, 0.1) is 17.5 Å². The third-order valence-electron chi connectivity index (χ3n) is 5.75. The highest BCUT2D eigenvalue weighted by atomic mass is 35.5. The Morgan fingerprint density at radius 2 is 1.91 bits per heavy atom. The fraction of sp³-hybridized carbons (Fsp3) is 0.375. The Kier molecular flexibility index (Phi) is 7.63. The van der Waals surface area contributed by atoms with Crippen molar-refractivity contribution in [3.05, 3.63) is 53.2 Å². The molecule has 1 aliphatic heterocycles. The van der Waals surface area contributed by atoms with E-state index in [1.807, 2.05) is 42.5 Å². The number of nitrogens with zero attached hydrogens (tertiary/aromatic N) is 2. The molecule has 2 heterocycles. The van der Waals surface area contributed by atoms with Crippen LogP contribution in [0, 0.1) is 0 Å². The monoisotopic (exact) mass is 472 g/mol. The first-order valence-corrected chi connectivity index (χ1v) is 12.0. The average Bonchev–Trinajstić information content (AvgIpc) is 3.16. The number of halogens is 1. The second kappa shape index (κ2) is 10.6. The molecule has 0 unspecified atom stereocenters. The number of hydrogen-bond acceptors (Lipinski definition) is 5. The van der Waals surface area contributed by atoms with E-state index in [0.717, 1.165) is 65.6 Å². The molecule has 1 fully saturated rings. The number of fused-ring (bicyclic) bond motifs is 1. The van der Waals surface area contributed by atoms with Gasteiger partial charge in [0.2, 0.25) is 0 Å². The lowest BCUT2D eigenvalue weighted by molar-refractivity contribution is 0.0942. The summed E-state index contributed by atoms with van der Waals surface area (Å²) in [6.07, 6.45) is 0.934. The van der Waals surface area contributed by atoms with Crippen molar-refractivity contribution in [3.8, 4) is 5.75 Å². The van der Waals surface area contributed by atoms with Gasteiger partial charge in [-0.25, -0.2) is 0 Å². The zero-order valence-electron chi connectivity index (χ0n) is 18.5. The lowest BCUT2D eigenvalue weighted by Gasteiger charge is -2.32. The molecule has 6 nitrogen and oxygen atoms in total. The quantitative estimate of drug-likeness (QED) is 0.477. The minimum absolute atomic E-state index is 0.0880. The highest BCUT2D eigenvalue weighted by molar-refractivity contribution is 7.99. The molecule has 0 aliphatic carbocycles. The molecule has 1 aliphatic rings. The predicted molar refractivity (Wildman–Crippen MR) is 131 cm³/mol. The fourth-order valence-corrected chi connectivity index (χ4v) is 5.00. The second-order valence-electron chi connectivity index (χ2n) is 8.05. The summed E-state index contributed by atoms with van der Waals surface area (Å²) in [6.45, 7) is 6.05. The molecular weight excluding hydrogens is 444 g/mol. The number of carbonyl (C=O) groups excluding carboxylic acids is 1. The van der Waals surface area contributed by atoms with Crippen LogP contribution >= 0.6 is 23.4 Å². The second-order valence-corrected chi connectivity index (χ2v) is 9.57. The van der Waals surface area contributed by atoms with Gasteiger partial charge >= 0.3 is 0 Å². The Hall–Kier alpha value is -2.19. The molecule has 2 N–H and O–H groups in total. The van der Waals surface area contributed by atoms with Crippen molar-refractivity contribution in [2.75, 3.05) is 53.4 Å². The Labute approximate surface area is 198 Å². The average molecular weight is 473 g/mol. The van der Waals surface area contributed by atoms with Gasteiger partial charge in [-0.3, -0.25) is 4.79 Å². The molecule has 0 radical (unpaired) electrons. The van der Waals surface area contributed by atoms with Crippen molar-refractivity contribution >= 4 is 40.2 Å². The van der Waals surface area contributed by atoms with Gasteiger partial charge in [-0.05, 0) is 56.4 Å². The van der Waals surface area contributed by atoms with Gasteiger partial charge in [-0.15, -0.1) is 0 Å². The Bertz CT molecular complexity index is 1060. The summed E-state index contributed by atoms with van der Waals surface area (Å²) in [7, 11) is 3.80. The smallest absolute Gasteiger partial charge is 0.268 e. The molecule has 1 saturated heterocycles. The topological polar surface area (TPSA) is 60.6 Å². The molecule has 8 heteroatoms. The first-order valence-electron chi connectivity index (χ1n) is 10.9. The molecule has 170 valence electrons. The zero-order valence-corrected chi connectivity index (χ0v) is 20.1. The molecule has 2 aromatic carbocycles. The number of likely N-dealkylation sites (N-methyl/N-ethyl adjacent to an activating group) is 1. The number of amides is 1. The van der Waals surface area contributed by atoms with Crippen LogP contribution in [0.1, 0.15) is 16.9 Å². The van der Waals surface area contributed by atoms with Crippen molar-refractivity contribution in [1.29, 1.82) is 0 Å². The standard InChI is InChI=1S/C24H29ClN4O2S/c1-28-12-14-29(15-13-28)11-3-10-26-24(30)22-23(32-19-7-4-17(25)5-8-19)20-9-6-18(31-2)16-21(20)27-22/h4-9,16,27H,3,10-15H2,1-2H3,(H,26,30). The maximum Gasteiger partial charge on any atom is 0.268 e. The molecule has 0 atom stereocenters. The van der Waals surface area contributed by atoms with E-state index < -0.39 is 0 Å². The van der Waals surface area contributed by atoms with Crippen LogP contribution in [0.15, 0.2) is 52.3 Å². The number of aromatic amines is 1. The Morgan fingerprint density at radius 3 is 2.62 bits per heavy atom. The van der Waals surface area contributed by atoms with E-state index in [1.54, 1.807) is 18.9 Å². The van der Waals surface area contributed by atoms with Gasteiger partial charge in [0.25, 0.3) is 5.91 Å². The fourth-order valence-electron chi connectivity index (χ4n) is 3.83. The third kappa shape index (κ3) is 5.59. The van der Waals surface area contributed by atoms with Crippen molar-refractivity contribution < 1.29 is 9.53 Å².